The Bertz CT molecular complexity index is 966. The molecule has 0 saturated carbocycles. The lowest BCUT2D eigenvalue weighted by Crippen LogP contribution is -2.40. The summed E-state index contributed by atoms with van der Waals surface area (Å²) in [6, 6.07) is 12.3. The number of hydrogen-bond donors (Lipinski definition) is 1. The van der Waals surface area contributed by atoms with Crippen LogP contribution in [0.25, 0.3) is 0 Å². The van der Waals surface area contributed by atoms with Crippen molar-refractivity contribution in [3.05, 3.63) is 54.1 Å². The summed E-state index contributed by atoms with van der Waals surface area (Å²) < 4.78 is 36.8. The fourth-order valence-corrected chi connectivity index (χ4v) is 4.15. The standard InChI is InChI=1S/C19H20N2O6S/c1-14(22)27-18-5-3-2-4-17(18)19(23)20-15-6-8-16(9-7-15)28(24,25)21-10-12-26-13-11-21/h2-9H,10-13H2,1H3,(H,20,23). The minimum absolute atomic E-state index is 0.146. The molecule has 0 bridgehead atoms. The van der Waals surface area contributed by atoms with Crippen molar-refractivity contribution >= 4 is 27.6 Å². The average molecular weight is 404 g/mol. The number of anilines is 1. The van der Waals surface area contributed by atoms with E-state index in [1.165, 1.54) is 47.6 Å². The van der Waals surface area contributed by atoms with E-state index in [1.807, 2.05) is 0 Å². The predicted octanol–water partition coefficient (Wildman–Crippen LogP) is 1.89. The number of nitrogens with zero attached hydrogens (tertiary/aromatic N) is 1. The van der Waals surface area contributed by atoms with Crippen molar-refractivity contribution in [3.63, 3.8) is 0 Å². The Hall–Kier alpha value is -2.75. The lowest BCUT2D eigenvalue weighted by atomic mass is 10.2. The summed E-state index contributed by atoms with van der Waals surface area (Å²) in [6.45, 7) is 2.62. The minimum atomic E-state index is -3.60. The third kappa shape index (κ3) is 4.56. The number of carbonyl (C=O) groups is 2. The van der Waals surface area contributed by atoms with Gasteiger partial charge >= 0.3 is 5.97 Å². The highest BCUT2D eigenvalue weighted by Crippen LogP contribution is 2.22. The molecule has 8 nitrogen and oxygen atoms in total. The third-order valence-corrected chi connectivity index (χ3v) is 6.02. The van der Waals surface area contributed by atoms with E-state index in [0.29, 0.717) is 32.0 Å². The van der Waals surface area contributed by atoms with Gasteiger partial charge in [-0.15, -0.1) is 0 Å². The van der Waals surface area contributed by atoms with Crippen LogP contribution in [0.4, 0.5) is 5.69 Å². The highest BCUT2D eigenvalue weighted by Gasteiger charge is 2.26. The molecule has 1 aliphatic rings. The van der Waals surface area contributed by atoms with E-state index in [1.54, 1.807) is 12.1 Å². The topological polar surface area (TPSA) is 102 Å². The first-order chi connectivity index (χ1) is 13.4. The Balaban J connectivity index is 1.74. The lowest BCUT2D eigenvalue weighted by Gasteiger charge is -2.26. The van der Waals surface area contributed by atoms with Crippen molar-refractivity contribution in [2.75, 3.05) is 31.6 Å². The molecule has 1 amide bonds. The number of benzene rings is 2. The number of nitrogens with one attached hydrogen (secondary N) is 1. The van der Waals surface area contributed by atoms with E-state index < -0.39 is 21.9 Å². The van der Waals surface area contributed by atoms with Gasteiger partial charge in [-0.3, -0.25) is 9.59 Å². The first-order valence-electron chi connectivity index (χ1n) is 8.65. The van der Waals surface area contributed by atoms with Crippen LogP contribution in [0.1, 0.15) is 17.3 Å². The van der Waals surface area contributed by atoms with Crippen molar-refractivity contribution in [2.24, 2.45) is 0 Å². The Morgan fingerprint density at radius 1 is 1.04 bits per heavy atom. The Labute approximate surface area is 163 Å². The van der Waals surface area contributed by atoms with Gasteiger partial charge in [-0.1, -0.05) is 12.1 Å². The molecule has 3 rings (SSSR count). The third-order valence-electron chi connectivity index (χ3n) is 4.11. The number of esters is 1. The molecule has 1 saturated heterocycles. The van der Waals surface area contributed by atoms with Gasteiger partial charge < -0.3 is 14.8 Å². The van der Waals surface area contributed by atoms with Crippen LogP contribution in [0, 0.1) is 0 Å². The minimum Gasteiger partial charge on any atom is -0.426 e. The van der Waals surface area contributed by atoms with Crippen LogP contribution in [0.5, 0.6) is 5.75 Å². The molecule has 0 spiro atoms. The fourth-order valence-electron chi connectivity index (χ4n) is 2.74. The predicted molar refractivity (Wildman–Crippen MR) is 102 cm³/mol. The molecule has 2 aromatic rings. The molecular weight excluding hydrogens is 384 g/mol. The maximum Gasteiger partial charge on any atom is 0.308 e. The lowest BCUT2D eigenvalue weighted by molar-refractivity contribution is -0.131. The van der Waals surface area contributed by atoms with E-state index in [2.05, 4.69) is 5.32 Å². The second-order valence-electron chi connectivity index (χ2n) is 6.08. The maximum atomic E-state index is 12.6. The van der Waals surface area contributed by atoms with Crippen molar-refractivity contribution in [1.29, 1.82) is 0 Å². The molecule has 1 aliphatic heterocycles. The molecule has 148 valence electrons. The number of sulfonamides is 1. The van der Waals surface area contributed by atoms with Crippen LogP contribution < -0.4 is 10.1 Å². The summed E-state index contributed by atoms with van der Waals surface area (Å²) >= 11 is 0. The molecule has 1 fully saturated rings. The van der Waals surface area contributed by atoms with Crippen LogP contribution in [-0.4, -0.2) is 50.9 Å². The maximum absolute atomic E-state index is 12.6. The van der Waals surface area contributed by atoms with Crippen molar-refractivity contribution in [3.8, 4) is 5.75 Å². The van der Waals surface area contributed by atoms with Gasteiger partial charge in [-0.2, -0.15) is 4.31 Å². The smallest absolute Gasteiger partial charge is 0.308 e. The molecule has 9 heteroatoms. The Kier molecular flexibility index (Phi) is 6.08. The number of rotatable bonds is 5. The summed E-state index contributed by atoms with van der Waals surface area (Å²) in [4.78, 5) is 23.8. The number of hydrogen-bond acceptors (Lipinski definition) is 6. The van der Waals surface area contributed by atoms with Gasteiger partial charge in [-0.05, 0) is 36.4 Å². The monoisotopic (exact) mass is 404 g/mol. The highest BCUT2D eigenvalue weighted by molar-refractivity contribution is 7.89. The van der Waals surface area contributed by atoms with Crippen molar-refractivity contribution in [1.82, 2.24) is 4.31 Å². The van der Waals surface area contributed by atoms with Gasteiger partial charge in [0.2, 0.25) is 10.0 Å². The van der Waals surface area contributed by atoms with Crippen LogP contribution in [-0.2, 0) is 19.6 Å². The molecular formula is C19H20N2O6S. The van der Waals surface area contributed by atoms with Crippen molar-refractivity contribution < 1.29 is 27.5 Å². The van der Waals surface area contributed by atoms with E-state index in [9.17, 15) is 18.0 Å². The second kappa shape index (κ2) is 8.51. The first-order valence-corrected chi connectivity index (χ1v) is 10.1. The number of amides is 1. The van der Waals surface area contributed by atoms with Crippen LogP contribution in [0.3, 0.4) is 0 Å². The fraction of sp³-hybridized carbons (Fsp3) is 0.263. The van der Waals surface area contributed by atoms with Crippen LogP contribution in [0.15, 0.2) is 53.4 Å². The van der Waals surface area contributed by atoms with Gasteiger partial charge in [-0.25, -0.2) is 8.42 Å². The highest BCUT2D eigenvalue weighted by atomic mass is 32.2. The molecule has 0 atom stereocenters. The summed E-state index contributed by atoms with van der Waals surface area (Å²) in [6.07, 6.45) is 0. The van der Waals surface area contributed by atoms with E-state index >= 15 is 0 Å². The quantitative estimate of drug-likeness (QED) is 0.603. The number of morpholine rings is 1. The summed E-state index contributed by atoms with van der Waals surface area (Å²) in [5, 5.41) is 2.67. The largest absolute Gasteiger partial charge is 0.426 e. The Morgan fingerprint density at radius 3 is 2.32 bits per heavy atom. The zero-order valence-electron chi connectivity index (χ0n) is 15.3. The first kappa shape index (κ1) is 20.0. The molecule has 0 aliphatic carbocycles. The number of carbonyl (C=O) groups excluding carboxylic acids is 2. The molecule has 1 N–H and O–H groups in total. The second-order valence-corrected chi connectivity index (χ2v) is 8.02. The summed E-state index contributed by atoms with van der Waals surface area (Å²) in [5.74, 6) is -0.849. The average Bonchev–Trinajstić information content (AvgIpc) is 2.69. The summed E-state index contributed by atoms with van der Waals surface area (Å²) in [5.41, 5.74) is 0.617. The van der Waals surface area contributed by atoms with Gasteiger partial charge in [0, 0.05) is 25.7 Å². The Morgan fingerprint density at radius 2 is 1.68 bits per heavy atom. The molecule has 0 radical (unpaired) electrons. The van der Waals surface area contributed by atoms with E-state index in [-0.39, 0.29) is 16.2 Å². The van der Waals surface area contributed by atoms with E-state index in [0.717, 1.165) is 0 Å². The molecule has 1 heterocycles. The molecule has 28 heavy (non-hydrogen) atoms. The number of para-hydroxylation sites is 1. The van der Waals surface area contributed by atoms with E-state index in [4.69, 9.17) is 9.47 Å². The molecule has 0 unspecified atom stereocenters. The van der Waals surface area contributed by atoms with Crippen LogP contribution in [0.2, 0.25) is 0 Å². The molecule has 0 aromatic heterocycles. The van der Waals surface area contributed by atoms with Gasteiger partial charge in [0.1, 0.15) is 5.75 Å². The van der Waals surface area contributed by atoms with Crippen molar-refractivity contribution in [2.45, 2.75) is 11.8 Å². The van der Waals surface area contributed by atoms with Gasteiger partial charge in [0.25, 0.3) is 5.91 Å². The van der Waals surface area contributed by atoms with Gasteiger partial charge in [0.05, 0.1) is 23.7 Å². The van der Waals surface area contributed by atoms with Crippen LogP contribution >= 0.6 is 0 Å². The van der Waals surface area contributed by atoms with Gasteiger partial charge in [0.15, 0.2) is 0 Å². The summed E-state index contributed by atoms with van der Waals surface area (Å²) in [7, 11) is -3.60. The normalized spacial score (nSPS) is 15.0. The zero-order valence-corrected chi connectivity index (χ0v) is 16.1. The number of ether oxygens (including phenoxy) is 2. The molecule has 2 aromatic carbocycles. The zero-order chi connectivity index (χ0) is 20.1. The SMILES string of the molecule is CC(=O)Oc1ccccc1C(=O)Nc1ccc(S(=O)(=O)N2CCOCC2)cc1.